The topological polar surface area (TPSA) is 0 Å². The third-order valence-electron chi connectivity index (χ3n) is 5.06. The Bertz CT molecular complexity index is 306. The fraction of sp³-hybridized carbons (Fsp3) is 0.714. The van der Waals surface area contributed by atoms with E-state index < -0.39 is 0 Å². The highest BCUT2D eigenvalue weighted by Gasteiger charge is 2.59. The molecular formula is C14H19B. The number of rotatable bonds is 2. The van der Waals surface area contributed by atoms with Gasteiger partial charge in [0.25, 0.3) is 0 Å². The molecule has 0 amide bonds. The van der Waals surface area contributed by atoms with Crippen LogP contribution in [-0.2, 0) is 0 Å². The molecular weight excluding hydrogens is 179 g/mol. The van der Waals surface area contributed by atoms with Crippen LogP contribution in [-0.4, -0.2) is 7.85 Å². The van der Waals surface area contributed by atoms with E-state index in [0.29, 0.717) is 10.8 Å². The van der Waals surface area contributed by atoms with Crippen molar-refractivity contribution in [3.63, 3.8) is 0 Å². The maximum atomic E-state index is 6.55. The highest BCUT2D eigenvalue weighted by Crippen LogP contribution is 2.72. The zero-order chi connectivity index (χ0) is 10.7. The first kappa shape index (κ1) is 9.75. The largest absolute Gasteiger partial charge is 0.103 e. The van der Waals surface area contributed by atoms with Gasteiger partial charge in [-0.25, -0.2) is 0 Å². The molecule has 4 saturated carbocycles. The Balaban J connectivity index is 2.07. The molecule has 4 rings (SSSR count). The molecule has 0 spiro atoms. The first-order valence-electron chi connectivity index (χ1n) is 6.09. The minimum absolute atomic E-state index is 0.0851. The molecule has 0 nitrogen and oxygen atoms in total. The van der Waals surface area contributed by atoms with Crippen LogP contribution in [0.2, 0.25) is 5.31 Å². The Labute approximate surface area is 94.2 Å². The van der Waals surface area contributed by atoms with Gasteiger partial charge in [0.15, 0.2) is 0 Å². The molecule has 4 fully saturated rings. The van der Waals surface area contributed by atoms with E-state index in [-0.39, 0.29) is 5.31 Å². The van der Waals surface area contributed by atoms with E-state index in [2.05, 4.69) is 25.3 Å². The highest BCUT2D eigenvalue weighted by molar-refractivity contribution is 6.15. The summed E-state index contributed by atoms with van der Waals surface area (Å²) in [5.41, 5.74) is 0.671. The van der Waals surface area contributed by atoms with E-state index >= 15 is 0 Å². The van der Waals surface area contributed by atoms with Crippen LogP contribution in [0.4, 0.5) is 0 Å². The standard InChI is InChI=1S/C14H19B/c1-3-12-5-11-6-13(4-2,8-12)10-14(15,7-11)9-12/h3-4,11H,1-2,5-10H2. The molecule has 0 saturated heterocycles. The van der Waals surface area contributed by atoms with Crippen LogP contribution in [0, 0.1) is 16.7 Å². The fourth-order valence-corrected chi connectivity index (χ4v) is 5.12. The quantitative estimate of drug-likeness (QED) is 0.469. The van der Waals surface area contributed by atoms with Crippen molar-refractivity contribution in [2.45, 2.75) is 43.8 Å². The number of hydrogen-bond acceptors (Lipinski definition) is 0. The molecule has 2 radical (unpaired) electrons. The van der Waals surface area contributed by atoms with Gasteiger partial charge in [-0.2, -0.15) is 0 Å². The van der Waals surface area contributed by atoms with Crippen molar-refractivity contribution >= 4 is 7.85 Å². The Kier molecular flexibility index (Phi) is 1.70. The molecule has 2 atom stereocenters. The molecule has 0 aromatic rings. The third kappa shape index (κ3) is 1.22. The Hall–Kier alpha value is -0.455. The predicted octanol–water partition coefficient (Wildman–Crippen LogP) is 3.66. The van der Waals surface area contributed by atoms with Crippen molar-refractivity contribution in [1.29, 1.82) is 0 Å². The molecule has 0 aliphatic heterocycles. The van der Waals surface area contributed by atoms with Gasteiger partial charge in [-0.3, -0.25) is 0 Å². The second-order valence-electron chi connectivity index (χ2n) is 6.50. The summed E-state index contributed by atoms with van der Waals surface area (Å²) in [5, 5.41) is 0.0851. The molecule has 0 aromatic carbocycles. The van der Waals surface area contributed by atoms with Gasteiger partial charge in [-0.15, -0.1) is 13.2 Å². The van der Waals surface area contributed by atoms with Gasteiger partial charge in [-0.05, 0) is 48.9 Å². The average Bonchev–Trinajstić information content (AvgIpc) is 2.14. The molecule has 4 bridgehead atoms. The molecule has 1 heteroatoms. The van der Waals surface area contributed by atoms with E-state index in [4.69, 9.17) is 7.85 Å². The molecule has 78 valence electrons. The van der Waals surface area contributed by atoms with Crippen molar-refractivity contribution in [3.8, 4) is 0 Å². The lowest BCUT2D eigenvalue weighted by Crippen LogP contribution is -2.52. The molecule has 0 N–H and O–H groups in total. The van der Waals surface area contributed by atoms with Crippen molar-refractivity contribution in [2.24, 2.45) is 16.7 Å². The Morgan fingerprint density at radius 1 is 0.933 bits per heavy atom. The summed E-state index contributed by atoms with van der Waals surface area (Å²) in [6, 6.07) is 0. The first-order valence-corrected chi connectivity index (χ1v) is 6.09. The first-order chi connectivity index (χ1) is 7.03. The molecule has 15 heavy (non-hydrogen) atoms. The summed E-state index contributed by atoms with van der Waals surface area (Å²) < 4.78 is 0. The third-order valence-corrected chi connectivity index (χ3v) is 5.06. The van der Waals surface area contributed by atoms with Crippen molar-refractivity contribution in [2.75, 3.05) is 0 Å². The molecule has 0 aromatic heterocycles. The summed E-state index contributed by atoms with van der Waals surface area (Å²) in [7, 11) is 6.55. The highest BCUT2D eigenvalue weighted by atomic mass is 14.6. The van der Waals surface area contributed by atoms with Crippen molar-refractivity contribution < 1.29 is 0 Å². The smallest absolute Gasteiger partial charge is 0.0747 e. The van der Waals surface area contributed by atoms with Crippen LogP contribution in [0.5, 0.6) is 0 Å². The minimum Gasteiger partial charge on any atom is -0.103 e. The fourth-order valence-electron chi connectivity index (χ4n) is 5.12. The Morgan fingerprint density at radius 2 is 1.47 bits per heavy atom. The van der Waals surface area contributed by atoms with E-state index in [0.717, 1.165) is 18.8 Å². The number of hydrogen-bond donors (Lipinski definition) is 0. The maximum Gasteiger partial charge on any atom is 0.0747 e. The zero-order valence-electron chi connectivity index (χ0n) is 9.47. The van der Waals surface area contributed by atoms with Crippen LogP contribution in [0.15, 0.2) is 25.3 Å². The summed E-state index contributed by atoms with van der Waals surface area (Å²) >= 11 is 0. The lowest BCUT2D eigenvalue weighted by atomic mass is 9.35. The van der Waals surface area contributed by atoms with E-state index in [1.54, 1.807) is 0 Å². The summed E-state index contributed by atoms with van der Waals surface area (Å²) in [6.45, 7) is 8.11. The lowest BCUT2D eigenvalue weighted by Gasteiger charge is -2.65. The lowest BCUT2D eigenvalue weighted by molar-refractivity contribution is -0.0530. The van der Waals surface area contributed by atoms with Crippen LogP contribution in [0.1, 0.15) is 38.5 Å². The summed E-state index contributed by atoms with van der Waals surface area (Å²) in [5.74, 6) is 0.822. The van der Waals surface area contributed by atoms with Gasteiger partial charge in [-0.1, -0.05) is 23.9 Å². The van der Waals surface area contributed by atoms with Gasteiger partial charge in [0, 0.05) is 0 Å². The second kappa shape index (κ2) is 2.62. The minimum atomic E-state index is 0.0851. The summed E-state index contributed by atoms with van der Waals surface area (Å²) in [6.07, 6.45) is 11.8. The van der Waals surface area contributed by atoms with Gasteiger partial charge >= 0.3 is 0 Å². The Morgan fingerprint density at radius 3 is 1.87 bits per heavy atom. The van der Waals surface area contributed by atoms with Gasteiger partial charge in [0.05, 0.1) is 7.85 Å². The zero-order valence-corrected chi connectivity index (χ0v) is 9.47. The van der Waals surface area contributed by atoms with Crippen molar-refractivity contribution in [1.82, 2.24) is 0 Å². The van der Waals surface area contributed by atoms with E-state index in [1.165, 1.54) is 25.7 Å². The van der Waals surface area contributed by atoms with Crippen LogP contribution in [0.3, 0.4) is 0 Å². The molecule has 2 unspecified atom stereocenters. The average molecular weight is 198 g/mol. The van der Waals surface area contributed by atoms with Crippen LogP contribution in [0.25, 0.3) is 0 Å². The van der Waals surface area contributed by atoms with Crippen LogP contribution < -0.4 is 0 Å². The summed E-state index contributed by atoms with van der Waals surface area (Å²) in [4.78, 5) is 0. The van der Waals surface area contributed by atoms with Gasteiger partial charge in [0.2, 0.25) is 0 Å². The maximum absolute atomic E-state index is 6.55. The van der Waals surface area contributed by atoms with Gasteiger partial charge < -0.3 is 0 Å². The van der Waals surface area contributed by atoms with Crippen molar-refractivity contribution in [3.05, 3.63) is 25.3 Å². The molecule has 4 aliphatic rings. The predicted molar refractivity (Wildman–Crippen MR) is 64.9 cm³/mol. The van der Waals surface area contributed by atoms with E-state index in [1.807, 2.05) is 0 Å². The van der Waals surface area contributed by atoms with Gasteiger partial charge in [0.1, 0.15) is 0 Å². The number of allylic oxidation sites excluding steroid dienone is 2. The SMILES string of the molecule is [B]C12CC3CC(C=C)(C1)CC(C=C)(C3)C2. The second-order valence-corrected chi connectivity index (χ2v) is 6.50. The monoisotopic (exact) mass is 198 g/mol. The van der Waals surface area contributed by atoms with Crippen LogP contribution >= 0.6 is 0 Å². The normalized spacial score (nSPS) is 56.7. The molecule has 0 heterocycles. The molecule has 4 aliphatic carbocycles. The van der Waals surface area contributed by atoms with E-state index in [9.17, 15) is 0 Å².